The van der Waals surface area contributed by atoms with Crippen LogP contribution >= 0.6 is 0 Å². The first kappa shape index (κ1) is 15.7. The molecule has 0 aliphatic rings. The highest BCUT2D eigenvalue weighted by molar-refractivity contribution is 5.93. The molecule has 0 fully saturated rings. The van der Waals surface area contributed by atoms with Gasteiger partial charge in [0.2, 0.25) is 0 Å². The fourth-order valence-corrected chi connectivity index (χ4v) is 2.44. The Balaban J connectivity index is 1.70. The molecule has 0 saturated heterocycles. The lowest BCUT2D eigenvalue weighted by atomic mass is 10.1. The summed E-state index contributed by atoms with van der Waals surface area (Å²) < 4.78 is 0. The van der Waals surface area contributed by atoms with Crippen molar-refractivity contribution >= 4 is 22.5 Å². The van der Waals surface area contributed by atoms with Gasteiger partial charge in [-0.2, -0.15) is 0 Å². The monoisotopic (exact) mass is 322 g/mol. The lowest BCUT2D eigenvalue weighted by Gasteiger charge is -2.14. The molecule has 0 bridgehead atoms. The summed E-state index contributed by atoms with van der Waals surface area (Å²) in [5, 5.41) is 6.97. The van der Waals surface area contributed by atoms with Crippen LogP contribution in [0.4, 0.5) is 10.5 Å². The van der Waals surface area contributed by atoms with Crippen LogP contribution in [0.5, 0.6) is 0 Å². The number of aryl methyl sites for hydroxylation is 1. The average molecular weight is 322 g/mol. The highest BCUT2D eigenvalue weighted by Crippen LogP contribution is 2.16. The summed E-state index contributed by atoms with van der Waals surface area (Å²) >= 11 is 0. The van der Waals surface area contributed by atoms with Crippen molar-refractivity contribution < 1.29 is 4.79 Å². The SMILES string of the molecule is Cc1ccc(C(C)NC(=O)Nc2ccc3c(=O)[nH]ccc3c2)nc1. The number of amides is 2. The number of nitrogens with one attached hydrogen (secondary N) is 3. The Morgan fingerprint density at radius 3 is 2.79 bits per heavy atom. The van der Waals surface area contributed by atoms with Gasteiger partial charge in [-0.15, -0.1) is 0 Å². The first-order chi connectivity index (χ1) is 11.5. The molecule has 6 nitrogen and oxygen atoms in total. The van der Waals surface area contributed by atoms with Gasteiger partial charge in [0.15, 0.2) is 0 Å². The van der Waals surface area contributed by atoms with E-state index in [1.54, 1.807) is 36.7 Å². The number of fused-ring (bicyclic) bond motifs is 1. The molecule has 24 heavy (non-hydrogen) atoms. The van der Waals surface area contributed by atoms with Gasteiger partial charge in [-0.25, -0.2) is 4.79 Å². The number of aromatic nitrogens is 2. The van der Waals surface area contributed by atoms with Gasteiger partial charge in [-0.3, -0.25) is 9.78 Å². The lowest BCUT2D eigenvalue weighted by molar-refractivity contribution is 0.249. The van der Waals surface area contributed by atoms with Gasteiger partial charge in [0.1, 0.15) is 0 Å². The van der Waals surface area contributed by atoms with E-state index >= 15 is 0 Å². The van der Waals surface area contributed by atoms with Crippen molar-refractivity contribution in [3.63, 3.8) is 0 Å². The maximum Gasteiger partial charge on any atom is 0.319 e. The van der Waals surface area contributed by atoms with Crippen LogP contribution in [0, 0.1) is 6.92 Å². The molecule has 0 spiro atoms. The van der Waals surface area contributed by atoms with E-state index in [0.29, 0.717) is 11.1 Å². The molecule has 3 rings (SSSR count). The van der Waals surface area contributed by atoms with E-state index in [1.807, 2.05) is 26.0 Å². The van der Waals surface area contributed by atoms with Crippen molar-refractivity contribution in [3.8, 4) is 0 Å². The maximum absolute atomic E-state index is 12.1. The number of nitrogens with zero attached hydrogens (tertiary/aromatic N) is 1. The van der Waals surface area contributed by atoms with Crippen molar-refractivity contribution in [2.45, 2.75) is 19.9 Å². The molecule has 3 N–H and O–H groups in total. The molecular weight excluding hydrogens is 304 g/mol. The summed E-state index contributed by atoms with van der Waals surface area (Å²) in [4.78, 5) is 30.8. The third-order valence-corrected chi connectivity index (χ3v) is 3.76. The van der Waals surface area contributed by atoms with Crippen molar-refractivity contribution in [1.82, 2.24) is 15.3 Å². The number of carbonyl (C=O) groups is 1. The van der Waals surface area contributed by atoms with E-state index in [4.69, 9.17) is 0 Å². The zero-order chi connectivity index (χ0) is 17.1. The minimum Gasteiger partial charge on any atom is -0.330 e. The predicted molar refractivity (Wildman–Crippen MR) is 94.1 cm³/mol. The number of pyridine rings is 2. The van der Waals surface area contributed by atoms with Crippen molar-refractivity contribution in [2.24, 2.45) is 0 Å². The highest BCUT2D eigenvalue weighted by Gasteiger charge is 2.11. The Morgan fingerprint density at radius 1 is 1.21 bits per heavy atom. The van der Waals surface area contributed by atoms with E-state index in [1.165, 1.54) is 0 Å². The largest absolute Gasteiger partial charge is 0.330 e. The number of hydrogen-bond acceptors (Lipinski definition) is 3. The number of hydrogen-bond donors (Lipinski definition) is 3. The summed E-state index contributed by atoms with van der Waals surface area (Å²) in [6.07, 6.45) is 3.35. The lowest BCUT2D eigenvalue weighted by Crippen LogP contribution is -2.31. The first-order valence-corrected chi connectivity index (χ1v) is 7.64. The molecular formula is C18H18N4O2. The van der Waals surface area contributed by atoms with Crippen LogP contribution in [-0.2, 0) is 0 Å². The van der Waals surface area contributed by atoms with Gasteiger partial charge in [0, 0.05) is 23.5 Å². The molecule has 0 radical (unpaired) electrons. The maximum atomic E-state index is 12.1. The van der Waals surface area contributed by atoms with Gasteiger partial charge in [0.25, 0.3) is 5.56 Å². The minimum absolute atomic E-state index is 0.150. The van der Waals surface area contributed by atoms with Gasteiger partial charge in [0.05, 0.1) is 11.7 Å². The van der Waals surface area contributed by atoms with E-state index in [0.717, 1.165) is 16.6 Å². The number of carbonyl (C=O) groups excluding carboxylic acids is 1. The Labute approximate surface area is 138 Å². The summed E-state index contributed by atoms with van der Waals surface area (Å²) in [5.41, 5.74) is 2.33. The van der Waals surface area contributed by atoms with E-state index in [9.17, 15) is 9.59 Å². The Bertz CT molecular complexity index is 932. The van der Waals surface area contributed by atoms with Crippen LogP contribution in [0.3, 0.4) is 0 Å². The molecule has 2 amide bonds. The van der Waals surface area contributed by atoms with Crippen LogP contribution in [0.15, 0.2) is 53.6 Å². The number of benzene rings is 1. The zero-order valence-electron chi connectivity index (χ0n) is 13.5. The number of rotatable bonds is 3. The van der Waals surface area contributed by atoms with E-state index in [-0.39, 0.29) is 17.6 Å². The van der Waals surface area contributed by atoms with E-state index < -0.39 is 0 Å². The molecule has 0 aliphatic heterocycles. The van der Waals surface area contributed by atoms with Crippen LogP contribution in [0.25, 0.3) is 10.8 Å². The minimum atomic E-state index is -0.325. The zero-order valence-corrected chi connectivity index (χ0v) is 13.5. The smallest absolute Gasteiger partial charge is 0.319 e. The average Bonchev–Trinajstić information content (AvgIpc) is 2.55. The number of urea groups is 1. The van der Waals surface area contributed by atoms with Crippen LogP contribution in [0.1, 0.15) is 24.2 Å². The van der Waals surface area contributed by atoms with Crippen molar-refractivity contribution in [3.05, 3.63) is 70.4 Å². The fraction of sp³-hybridized carbons (Fsp3) is 0.167. The molecule has 0 saturated carbocycles. The van der Waals surface area contributed by atoms with Crippen LogP contribution in [-0.4, -0.2) is 16.0 Å². The van der Waals surface area contributed by atoms with Gasteiger partial charge < -0.3 is 15.6 Å². The Hall–Kier alpha value is -3.15. The van der Waals surface area contributed by atoms with Gasteiger partial charge in [-0.1, -0.05) is 6.07 Å². The number of aromatic amines is 1. The number of H-pyrrole nitrogens is 1. The normalized spacial score (nSPS) is 11.9. The molecule has 2 heterocycles. The third-order valence-electron chi connectivity index (χ3n) is 3.76. The summed E-state index contributed by atoms with van der Waals surface area (Å²) in [5.74, 6) is 0. The van der Waals surface area contributed by atoms with Gasteiger partial charge >= 0.3 is 6.03 Å². The molecule has 3 aromatic rings. The molecule has 1 aromatic carbocycles. The quantitative estimate of drug-likeness (QED) is 0.692. The van der Waals surface area contributed by atoms with Crippen LogP contribution < -0.4 is 16.2 Å². The standard InChI is InChI=1S/C18H18N4O2/c1-11-3-6-16(20-10-11)12(2)21-18(24)22-14-4-5-15-13(9-14)7-8-19-17(15)23/h3-10,12H,1-2H3,(H,19,23)(H2,21,22,24). The topological polar surface area (TPSA) is 86.9 Å². The number of anilines is 1. The summed E-state index contributed by atoms with van der Waals surface area (Å²) in [6, 6.07) is 10.3. The van der Waals surface area contributed by atoms with Crippen molar-refractivity contribution in [1.29, 1.82) is 0 Å². The second-order valence-corrected chi connectivity index (χ2v) is 5.69. The molecule has 1 unspecified atom stereocenters. The summed E-state index contributed by atoms with van der Waals surface area (Å²) in [6.45, 7) is 3.84. The Kier molecular flexibility index (Phi) is 4.29. The molecule has 1 atom stereocenters. The Morgan fingerprint density at radius 2 is 2.04 bits per heavy atom. The fourth-order valence-electron chi connectivity index (χ4n) is 2.44. The molecule has 6 heteroatoms. The van der Waals surface area contributed by atoms with Gasteiger partial charge in [-0.05, 0) is 55.1 Å². The molecule has 0 aliphatic carbocycles. The second kappa shape index (κ2) is 6.54. The van der Waals surface area contributed by atoms with Crippen LogP contribution in [0.2, 0.25) is 0 Å². The van der Waals surface area contributed by atoms with Crippen molar-refractivity contribution in [2.75, 3.05) is 5.32 Å². The first-order valence-electron chi connectivity index (χ1n) is 7.64. The molecule has 122 valence electrons. The summed E-state index contributed by atoms with van der Waals surface area (Å²) in [7, 11) is 0. The highest BCUT2D eigenvalue weighted by atomic mass is 16.2. The third kappa shape index (κ3) is 3.43. The molecule has 2 aromatic heterocycles. The predicted octanol–water partition coefficient (Wildman–Crippen LogP) is 3.11. The second-order valence-electron chi connectivity index (χ2n) is 5.69. The van der Waals surface area contributed by atoms with E-state index in [2.05, 4.69) is 20.6 Å².